The lowest BCUT2D eigenvalue weighted by atomic mass is 10.1. The lowest BCUT2D eigenvalue weighted by molar-refractivity contribution is -0.120. The molecule has 9 heteroatoms. The number of anilines is 2. The molecule has 3 rings (SSSR count). The smallest absolute Gasteiger partial charge is 0.340 e. The highest BCUT2D eigenvalue weighted by Crippen LogP contribution is 2.32. The fraction of sp³-hybridized carbons (Fsp3) is 0.217. The Bertz CT molecular complexity index is 1110. The third-order valence-corrected chi connectivity index (χ3v) is 4.82. The van der Waals surface area contributed by atoms with E-state index in [-0.39, 0.29) is 40.8 Å². The van der Waals surface area contributed by atoms with Crippen LogP contribution in [0.2, 0.25) is 0 Å². The third-order valence-electron chi connectivity index (χ3n) is 4.47. The minimum Gasteiger partial charge on any atom is -0.462 e. The van der Waals surface area contributed by atoms with Gasteiger partial charge in [0.15, 0.2) is 0 Å². The van der Waals surface area contributed by atoms with Crippen LogP contribution in [0.15, 0.2) is 59.3 Å². The number of halogens is 1. The molecule has 0 aliphatic carbocycles. The predicted octanol–water partition coefficient (Wildman–Crippen LogP) is 3.87. The van der Waals surface area contributed by atoms with Crippen LogP contribution in [0.4, 0.5) is 11.4 Å². The molecule has 0 saturated carbocycles. The van der Waals surface area contributed by atoms with Crippen molar-refractivity contribution in [1.82, 2.24) is 0 Å². The first-order valence-corrected chi connectivity index (χ1v) is 10.4. The fourth-order valence-corrected chi connectivity index (χ4v) is 3.24. The van der Waals surface area contributed by atoms with Crippen molar-refractivity contribution in [2.24, 2.45) is 0 Å². The van der Waals surface area contributed by atoms with Gasteiger partial charge in [-0.2, -0.15) is 0 Å². The Morgan fingerprint density at radius 1 is 0.969 bits per heavy atom. The number of carbonyl (C=O) groups is 4. The van der Waals surface area contributed by atoms with Crippen molar-refractivity contribution in [3.8, 4) is 0 Å². The molecule has 8 nitrogen and oxygen atoms in total. The number of para-hydroxylation sites is 1. The van der Waals surface area contributed by atoms with Crippen molar-refractivity contribution in [3.05, 3.63) is 70.4 Å². The molecule has 1 aliphatic rings. The third kappa shape index (κ3) is 4.65. The summed E-state index contributed by atoms with van der Waals surface area (Å²) in [5.41, 5.74) is 0.597. The van der Waals surface area contributed by atoms with Crippen LogP contribution in [0.5, 0.6) is 0 Å². The van der Waals surface area contributed by atoms with E-state index in [1.165, 1.54) is 18.2 Å². The lowest BCUT2D eigenvalue weighted by Gasteiger charge is -2.18. The highest BCUT2D eigenvalue weighted by Gasteiger charge is 2.40. The summed E-state index contributed by atoms with van der Waals surface area (Å²) in [6, 6.07) is 12.4. The average Bonchev–Trinajstić information content (AvgIpc) is 3.01. The molecular weight excluding hydrogens is 436 g/mol. The number of carbonyl (C=O) groups excluding carboxylic acids is 4. The molecule has 0 spiro atoms. The maximum atomic E-state index is 13.1. The molecule has 0 unspecified atom stereocenters. The molecule has 0 fully saturated rings. The molecule has 166 valence electrons. The number of esters is 2. The van der Waals surface area contributed by atoms with E-state index in [1.54, 1.807) is 37.3 Å². The zero-order valence-electron chi connectivity index (χ0n) is 17.5. The van der Waals surface area contributed by atoms with Crippen LogP contribution in [-0.4, -0.2) is 37.0 Å². The quantitative estimate of drug-likeness (QED) is 0.475. The van der Waals surface area contributed by atoms with Crippen molar-refractivity contribution in [3.63, 3.8) is 0 Å². The summed E-state index contributed by atoms with van der Waals surface area (Å²) >= 11 is 6.18. The molecule has 0 bridgehead atoms. The van der Waals surface area contributed by atoms with Gasteiger partial charge in [0.05, 0.1) is 30.0 Å². The van der Waals surface area contributed by atoms with E-state index in [1.807, 2.05) is 6.92 Å². The van der Waals surface area contributed by atoms with Gasteiger partial charge >= 0.3 is 11.9 Å². The summed E-state index contributed by atoms with van der Waals surface area (Å²) in [7, 11) is 0. The minimum atomic E-state index is -0.781. The molecule has 1 N–H and O–H groups in total. The molecule has 1 aliphatic heterocycles. The average molecular weight is 457 g/mol. The number of hydrogen-bond donors (Lipinski definition) is 1. The number of nitrogens with zero attached hydrogens (tertiary/aromatic N) is 1. The van der Waals surface area contributed by atoms with Crippen molar-refractivity contribution in [2.75, 3.05) is 23.4 Å². The van der Waals surface area contributed by atoms with Crippen molar-refractivity contribution >= 4 is 46.7 Å². The molecule has 0 aromatic heterocycles. The normalized spacial score (nSPS) is 13.4. The SMILES string of the molecule is CCCOC(=O)c1ccccc1N1C(=O)C(Cl)=C(Nc2cccc(C(=O)OCC)c2)C1=O. The van der Waals surface area contributed by atoms with Crippen LogP contribution < -0.4 is 10.2 Å². The van der Waals surface area contributed by atoms with Crippen molar-refractivity contribution in [2.45, 2.75) is 20.3 Å². The molecule has 2 aromatic carbocycles. The highest BCUT2D eigenvalue weighted by atomic mass is 35.5. The summed E-state index contributed by atoms with van der Waals surface area (Å²) in [6.45, 7) is 3.97. The number of imide groups is 1. The van der Waals surface area contributed by atoms with Crippen LogP contribution >= 0.6 is 11.6 Å². The fourth-order valence-electron chi connectivity index (χ4n) is 3.03. The lowest BCUT2D eigenvalue weighted by Crippen LogP contribution is -2.33. The molecule has 0 radical (unpaired) electrons. The Balaban J connectivity index is 1.89. The Morgan fingerprint density at radius 3 is 2.44 bits per heavy atom. The number of amides is 2. The number of rotatable bonds is 8. The number of nitrogens with one attached hydrogen (secondary N) is 1. The maximum Gasteiger partial charge on any atom is 0.340 e. The van der Waals surface area contributed by atoms with Crippen molar-refractivity contribution in [1.29, 1.82) is 0 Å². The van der Waals surface area contributed by atoms with E-state index in [2.05, 4.69) is 5.32 Å². The molecule has 2 amide bonds. The summed E-state index contributed by atoms with van der Waals surface area (Å²) < 4.78 is 10.1. The van der Waals surface area contributed by atoms with E-state index in [0.29, 0.717) is 12.1 Å². The largest absolute Gasteiger partial charge is 0.462 e. The van der Waals surface area contributed by atoms with Crippen LogP contribution in [-0.2, 0) is 19.1 Å². The summed E-state index contributed by atoms with van der Waals surface area (Å²) in [5, 5.41) is 2.46. The number of benzene rings is 2. The molecule has 32 heavy (non-hydrogen) atoms. The monoisotopic (exact) mass is 456 g/mol. The van der Waals surface area contributed by atoms with Gasteiger partial charge in [-0.1, -0.05) is 36.7 Å². The minimum absolute atomic E-state index is 0.0673. The molecule has 2 aromatic rings. The van der Waals surface area contributed by atoms with E-state index >= 15 is 0 Å². The van der Waals surface area contributed by atoms with Gasteiger partial charge in [0, 0.05) is 5.69 Å². The summed E-state index contributed by atoms with van der Waals surface area (Å²) in [4.78, 5) is 51.1. The van der Waals surface area contributed by atoms with Crippen molar-refractivity contribution < 1.29 is 28.7 Å². The highest BCUT2D eigenvalue weighted by molar-refractivity contribution is 6.53. The molecule has 0 saturated heterocycles. The molecule has 0 atom stereocenters. The van der Waals surface area contributed by atoms with Gasteiger partial charge in [-0.05, 0) is 43.7 Å². The van der Waals surface area contributed by atoms with E-state index in [9.17, 15) is 19.2 Å². The summed E-state index contributed by atoms with van der Waals surface area (Å²) in [6.07, 6.45) is 0.627. The van der Waals surface area contributed by atoms with Gasteiger partial charge in [-0.3, -0.25) is 9.59 Å². The van der Waals surface area contributed by atoms with Gasteiger partial charge in [0.25, 0.3) is 11.8 Å². The van der Waals surface area contributed by atoms with Crippen LogP contribution in [0.1, 0.15) is 41.0 Å². The standard InChI is InChI=1S/C23H21ClN2O6/c1-3-12-32-23(30)16-10-5-6-11-17(16)26-20(27)18(24)19(21(26)28)25-15-9-7-8-14(13-15)22(29)31-4-2/h5-11,13,25H,3-4,12H2,1-2H3. The second-order valence-corrected chi connectivity index (χ2v) is 7.09. The van der Waals surface area contributed by atoms with E-state index < -0.39 is 23.8 Å². The number of hydrogen-bond acceptors (Lipinski definition) is 7. The first-order chi connectivity index (χ1) is 15.4. The zero-order valence-corrected chi connectivity index (χ0v) is 18.3. The second-order valence-electron chi connectivity index (χ2n) is 6.71. The molecule has 1 heterocycles. The van der Waals surface area contributed by atoms with Gasteiger partial charge in [-0.25, -0.2) is 14.5 Å². The molecular formula is C23H21ClN2O6. The Kier molecular flexibility index (Phi) is 7.27. The van der Waals surface area contributed by atoms with Crippen LogP contribution in [0.25, 0.3) is 0 Å². The van der Waals surface area contributed by atoms with Gasteiger partial charge < -0.3 is 14.8 Å². The van der Waals surface area contributed by atoms with Gasteiger partial charge in [0.1, 0.15) is 10.7 Å². The Hall–Kier alpha value is -3.65. The summed E-state index contributed by atoms with van der Waals surface area (Å²) in [5.74, 6) is -2.69. The Morgan fingerprint density at radius 2 is 1.72 bits per heavy atom. The van der Waals surface area contributed by atoms with E-state index in [0.717, 1.165) is 4.90 Å². The first-order valence-electron chi connectivity index (χ1n) is 9.97. The predicted molar refractivity (Wildman–Crippen MR) is 118 cm³/mol. The second kappa shape index (κ2) is 10.1. The maximum absolute atomic E-state index is 13.1. The Labute approximate surface area is 189 Å². The van der Waals surface area contributed by atoms with Crippen LogP contribution in [0.3, 0.4) is 0 Å². The van der Waals surface area contributed by atoms with Crippen LogP contribution in [0, 0.1) is 0 Å². The van der Waals surface area contributed by atoms with Gasteiger partial charge in [0.2, 0.25) is 0 Å². The van der Waals surface area contributed by atoms with Gasteiger partial charge in [-0.15, -0.1) is 0 Å². The zero-order chi connectivity index (χ0) is 23.3. The first kappa shape index (κ1) is 23.0. The topological polar surface area (TPSA) is 102 Å². The number of ether oxygens (including phenoxy) is 2. The van der Waals surface area contributed by atoms with E-state index in [4.69, 9.17) is 21.1 Å².